The summed E-state index contributed by atoms with van der Waals surface area (Å²) in [5.74, 6) is 0.738. The lowest BCUT2D eigenvalue weighted by Crippen LogP contribution is -2.36. The highest BCUT2D eigenvalue weighted by Gasteiger charge is 2.27. The van der Waals surface area contributed by atoms with Gasteiger partial charge in [0.15, 0.2) is 6.23 Å². The fourth-order valence-electron chi connectivity index (χ4n) is 3.32. The highest BCUT2D eigenvalue weighted by atomic mass is 19.1. The standard InChI is InChI=1S/C21H25FN2O4/c1-23-9-5-6-20(23)28-21(25)24(2)19-8-7-15(22)12-18(19)14-10-16(26-3)13-17(11-14)27-4/h7-8,10-13,20H,5-6,9H2,1-4H3/t20-/m0/s1. The molecular formula is C21H25FN2O4. The molecule has 1 amide bonds. The number of nitrogens with zero attached hydrogens (tertiary/aromatic N) is 2. The van der Waals surface area contributed by atoms with Gasteiger partial charge in [-0.3, -0.25) is 9.80 Å². The van der Waals surface area contributed by atoms with Crippen molar-refractivity contribution in [3.63, 3.8) is 0 Å². The number of ether oxygens (including phenoxy) is 3. The maximum atomic E-state index is 14.0. The molecule has 28 heavy (non-hydrogen) atoms. The number of hydrogen-bond donors (Lipinski definition) is 0. The van der Waals surface area contributed by atoms with E-state index in [0.29, 0.717) is 28.3 Å². The minimum Gasteiger partial charge on any atom is -0.497 e. The van der Waals surface area contributed by atoms with Crippen LogP contribution in [0.5, 0.6) is 11.5 Å². The first kappa shape index (κ1) is 19.9. The van der Waals surface area contributed by atoms with E-state index in [2.05, 4.69) is 0 Å². The first-order chi connectivity index (χ1) is 13.4. The first-order valence-electron chi connectivity index (χ1n) is 9.10. The summed E-state index contributed by atoms with van der Waals surface area (Å²) in [4.78, 5) is 16.1. The second-order valence-corrected chi connectivity index (χ2v) is 6.78. The Labute approximate surface area is 164 Å². The van der Waals surface area contributed by atoms with Crippen LogP contribution in [0.1, 0.15) is 12.8 Å². The van der Waals surface area contributed by atoms with Crippen LogP contribution in [0, 0.1) is 5.82 Å². The van der Waals surface area contributed by atoms with Crippen molar-refractivity contribution in [1.29, 1.82) is 0 Å². The second kappa shape index (κ2) is 8.48. The van der Waals surface area contributed by atoms with Crippen LogP contribution in [-0.4, -0.2) is 52.1 Å². The Hall–Kier alpha value is -2.80. The Morgan fingerprint density at radius 3 is 2.39 bits per heavy atom. The van der Waals surface area contributed by atoms with Crippen LogP contribution in [0.25, 0.3) is 11.1 Å². The maximum Gasteiger partial charge on any atom is 0.415 e. The number of halogens is 1. The lowest BCUT2D eigenvalue weighted by Gasteiger charge is -2.25. The van der Waals surface area contributed by atoms with Crippen LogP contribution in [0.2, 0.25) is 0 Å². The summed E-state index contributed by atoms with van der Waals surface area (Å²) in [5, 5.41) is 0. The number of anilines is 1. The summed E-state index contributed by atoms with van der Waals surface area (Å²) >= 11 is 0. The molecule has 1 saturated heterocycles. The van der Waals surface area contributed by atoms with Gasteiger partial charge >= 0.3 is 6.09 Å². The normalized spacial score (nSPS) is 16.7. The summed E-state index contributed by atoms with van der Waals surface area (Å²) < 4.78 is 30.3. The molecule has 0 aromatic heterocycles. The van der Waals surface area contributed by atoms with E-state index in [1.165, 1.54) is 17.0 Å². The molecule has 150 valence electrons. The van der Waals surface area contributed by atoms with Crippen molar-refractivity contribution in [3.05, 3.63) is 42.2 Å². The Bertz CT molecular complexity index is 836. The highest BCUT2D eigenvalue weighted by molar-refractivity contribution is 5.93. The lowest BCUT2D eigenvalue weighted by molar-refractivity contribution is 0.0315. The van der Waals surface area contributed by atoms with Crippen molar-refractivity contribution in [2.24, 2.45) is 0 Å². The molecule has 0 spiro atoms. The molecule has 0 aliphatic carbocycles. The molecule has 1 aliphatic heterocycles. The number of carbonyl (C=O) groups excluding carboxylic acids is 1. The van der Waals surface area contributed by atoms with Gasteiger partial charge in [0.1, 0.15) is 17.3 Å². The molecule has 0 unspecified atom stereocenters. The zero-order valence-electron chi connectivity index (χ0n) is 16.6. The van der Waals surface area contributed by atoms with Gasteiger partial charge in [0, 0.05) is 25.2 Å². The van der Waals surface area contributed by atoms with Crippen molar-refractivity contribution in [2.45, 2.75) is 19.1 Å². The van der Waals surface area contributed by atoms with Crippen molar-refractivity contribution in [1.82, 2.24) is 4.90 Å². The molecule has 1 atom stereocenters. The molecule has 0 bridgehead atoms. The van der Waals surface area contributed by atoms with Crippen LogP contribution in [0.4, 0.5) is 14.9 Å². The summed E-state index contributed by atoms with van der Waals surface area (Å²) in [6, 6.07) is 9.54. The van der Waals surface area contributed by atoms with Crippen molar-refractivity contribution in [3.8, 4) is 22.6 Å². The zero-order valence-corrected chi connectivity index (χ0v) is 16.6. The average molecular weight is 388 g/mol. The number of amides is 1. The van der Waals surface area contributed by atoms with E-state index >= 15 is 0 Å². The van der Waals surface area contributed by atoms with Gasteiger partial charge in [-0.15, -0.1) is 0 Å². The molecule has 0 saturated carbocycles. The fraction of sp³-hybridized carbons (Fsp3) is 0.381. The topological polar surface area (TPSA) is 51.2 Å². The lowest BCUT2D eigenvalue weighted by atomic mass is 10.0. The number of benzene rings is 2. The number of hydrogen-bond acceptors (Lipinski definition) is 5. The van der Waals surface area contributed by atoms with Crippen molar-refractivity contribution in [2.75, 3.05) is 39.8 Å². The molecule has 0 radical (unpaired) electrons. The van der Waals surface area contributed by atoms with Crippen molar-refractivity contribution >= 4 is 11.8 Å². The third kappa shape index (κ3) is 4.20. The summed E-state index contributed by atoms with van der Waals surface area (Å²) in [7, 11) is 6.64. The van der Waals surface area contributed by atoms with E-state index in [1.54, 1.807) is 45.5 Å². The minimum absolute atomic E-state index is 0.240. The fourth-order valence-corrected chi connectivity index (χ4v) is 3.32. The Balaban J connectivity index is 1.95. The van der Waals surface area contributed by atoms with E-state index < -0.39 is 11.9 Å². The minimum atomic E-state index is -0.485. The van der Waals surface area contributed by atoms with Gasteiger partial charge < -0.3 is 14.2 Å². The van der Waals surface area contributed by atoms with Crippen LogP contribution >= 0.6 is 0 Å². The zero-order chi connectivity index (χ0) is 20.3. The van der Waals surface area contributed by atoms with Crippen molar-refractivity contribution < 1.29 is 23.4 Å². The van der Waals surface area contributed by atoms with Crippen LogP contribution in [-0.2, 0) is 4.74 Å². The highest BCUT2D eigenvalue weighted by Crippen LogP contribution is 2.36. The van der Waals surface area contributed by atoms with E-state index in [0.717, 1.165) is 19.4 Å². The molecule has 1 fully saturated rings. The maximum absolute atomic E-state index is 14.0. The number of rotatable bonds is 5. The molecular weight excluding hydrogens is 363 g/mol. The number of methoxy groups -OCH3 is 2. The van der Waals surface area contributed by atoms with E-state index in [9.17, 15) is 9.18 Å². The van der Waals surface area contributed by atoms with Gasteiger partial charge in [0.05, 0.1) is 19.9 Å². The second-order valence-electron chi connectivity index (χ2n) is 6.78. The molecule has 3 rings (SSSR count). The summed E-state index contributed by atoms with van der Waals surface area (Å²) in [5.41, 5.74) is 1.74. The van der Waals surface area contributed by atoms with Gasteiger partial charge in [0.2, 0.25) is 0 Å². The smallest absolute Gasteiger partial charge is 0.415 e. The van der Waals surface area contributed by atoms with Crippen LogP contribution in [0.15, 0.2) is 36.4 Å². The molecule has 2 aromatic rings. The quantitative estimate of drug-likeness (QED) is 0.771. The first-order valence-corrected chi connectivity index (χ1v) is 9.10. The third-order valence-corrected chi connectivity index (χ3v) is 4.95. The van der Waals surface area contributed by atoms with E-state index in [4.69, 9.17) is 14.2 Å². The van der Waals surface area contributed by atoms with Gasteiger partial charge in [-0.25, -0.2) is 9.18 Å². The summed E-state index contributed by atoms with van der Waals surface area (Å²) in [6.45, 7) is 0.896. The molecule has 6 nitrogen and oxygen atoms in total. The predicted octanol–water partition coefficient (Wildman–Crippen LogP) is 4.13. The Morgan fingerprint density at radius 2 is 1.82 bits per heavy atom. The van der Waals surface area contributed by atoms with E-state index in [1.807, 2.05) is 11.9 Å². The molecule has 0 N–H and O–H groups in total. The Kier molecular flexibility index (Phi) is 6.04. The SMILES string of the molecule is COc1cc(OC)cc(-c2cc(F)ccc2N(C)C(=O)O[C@H]2CCCN2C)c1. The number of likely N-dealkylation sites (tertiary alicyclic amines) is 1. The molecule has 1 aliphatic rings. The third-order valence-electron chi connectivity index (χ3n) is 4.95. The molecule has 2 aromatic carbocycles. The monoisotopic (exact) mass is 388 g/mol. The number of carbonyl (C=O) groups is 1. The van der Waals surface area contributed by atoms with Gasteiger partial charge in [-0.05, 0) is 55.8 Å². The van der Waals surface area contributed by atoms with Crippen LogP contribution < -0.4 is 14.4 Å². The average Bonchev–Trinajstić information content (AvgIpc) is 3.11. The molecule has 1 heterocycles. The van der Waals surface area contributed by atoms with Gasteiger partial charge in [-0.2, -0.15) is 0 Å². The largest absolute Gasteiger partial charge is 0.497 e. The van der Waals surface area contributed by atoms with Crippen LogP contribution in [0.3, 0.4) is 0 Å². The predicted molar refractivity (Wildman–Crippen MR) is 105 cm³/mol. The van der Waals surface area contributed by atoms with Gasteiger partial charge in [0.25, 0.3) is 0 Å². The molecule has 7 heteroatoms. The summed E-state index contributed by atoms with van der Waals surface area (Å²) in [6.07, 6.45) is 1.07. The van der Waals surface area contributed by atoms with Gasteiger partial charge in [-0.1, -0.05) is 0 Å². The van der Waals surface area contributed by atoms with E-state index in [-0.39, 0.29) is 6.23 Å². The Morgan fingerprint density at radius 1 is 1.14 bits per heavy atom.